The van der Waals surface area contributed by atoms with E-state index in [1.807, 2.05) is 12.1 Å². The third kappa shape index (κ3) is 5.16. The topological polar surface area (TPSA) is 12.0 Å². The lowest BCUT2D eigenvalue weighted by Gasteiger charge is -2.21. The van der Waals surface area contributed by atoms with Gasteiger partial charge in [0.15, 0.2) is 0 Å². The van der Waals surface area contributed by atoms with Gasteiger partial charge in [0.25, 0.3) is 0 Å². The Balaban J connectivity index is 1.92. The van der Waals surface area contributed by atoms with E-state index in [2.05, 4.69) is 31.3 Å². The molecule has 19 heavy (non-hydrogen) atoms. The van der Waals surface area contributed by atoms with E-state index in [-0.39, 0.29) is 0 Å². The molecule has 2 atom stereocenters. The van der Waals surface area contributed by atoms with Crippen molar-refractivity contribution < 1.29 is 0 Å². The van der Waals surface area contributed by atoms with Crippen LogP contribution in [-0.4, -0.2) is 12.6 Å². The summed E-state index contributed by atoms with van der Waals surface area (Å²) in [6.07, 6.45) is 6.39. The Morgan fingerprint density at radius 1 is 1.32 bits per heavy atom. The van der Waals surface area contributed by atoms with Gasteiger partial charge in [0.1, 0.15) is 0 Å². The fraction of sp³-hybridized carbons (Fsp3) is 0.647. The van der Waals surface area contributed by atoms with Crippen LogP contribution in [-0.2, 0) is 6.42 Å². The van der Waals surface area contributed by atoms with Crippen molar-refractivity contribution in [3.63, 3.8) is 0 Å². The van der Waals surface area contributed by atoms with Gasteiger partial charge in [0, 0.05) is 11.1 Å². The highest BCUT2D eigenvalue weighted by Crippen LogP contribution is 2.25. The fourth-order valence-corrected chi connectivity index (χ4v) is 2.78. The van der Waals surface area contributed by atoms with Crippen LogP contribution in [0.25, 0.3) is 0 Å². The highest BCUT2D eigenvalue weighted by Gasteiger charge is 2.22. The second-order valence-corrected chi connectivity index (χ2v) is 6.50. The van der Waals surface area contributed by atoms with Gasteiger partial charge in [0.2, 0.25) is 0 Å². The molecule has 0 aromatic heterocycles. The Morgan fingerprint density at radius 2 is 2.05 bits per heavy atom. The number of hydrogen-bond acceptors (Lipinski definition) is 1. The predicted octanol–water partition coefficient (Wildman–Crippen LogP) is 4.69. The van der Waals surface area contributed by atoms with Crippen LogP contribution in [0.3, 0.4) is 0 Å². The van der Waals surface area contributed by atoms with Crippen LogP contribution < -0.4 is 5.32 Å². The monoisotopic (exact) mass is 279 g/mol. The summed E-state index contributed by atoms with van der Waals surface area (Å²) in [7, 11) is 0. The second-order valence-electron chi connectivity index (χ2n) is 6.09. The van der Waals surface area contributed by atoms with Gasteiger partial charge in [-0.25, -0.2) is 0 Å². The molecule has 0 radical (unpaired) electrons. The minimum absolute atomic E-state index is 0.704. The van der Waals surface area contributed by atoms with E-state index in [0.29, 0.717) is 5.92 Å². The minimum Gasteiger partial charge on any atom is -0.314 e. The van der Waals surface area contributed by atoms with Crippen LogP contribution >= 0.6 is 11.6 Å². The van der Waals surface area contributed by atoms with E-state index in [9.17, 15) is 0 Å². The predicted molar refractivity (Wildman–Crippen MR) is 83.7 cm³/mol. The van der Waals surface area contributed by atoms with Crippen LogP contribution in [0.1, 0.15) is 45.1 Å². The third-order valence-electron chi connectivity index (χ3n) is 4.17. The normalized spacial score (nSPS) is 18.3. The Kier molecular flexibility index (Phi) is 5.72. The highest BCUT2D eigenvalue weighted by atomic mass is 35.5. The largest absolute Gasteiger partial charge is 0.314 e. The van der Waals surface area contributed by atoms with Crippen LogP contribution in [0.15, 0.2) is 24.3 Å². The van der Waals surface area contributed by atoms with Crippen molar-refractivity contribution in [2.75, 3.05) is 6.54 Å². The molecule has 1 aromatic rings. The van der Waals surface area contributed by atoms with Crippen LogP contribution in [0.4, 0.5) is 0 Å². The SMILES string of the molecule is CCC(C)CC(CNC1CC1)Cc1ccccc1Cl. The number of halogens is 1. The van der Waals surface area contributed by atoms with E-state index in [0.717, 1.165) is 29.9 Å². The summed E-state index contributed by atoms with van der Waals surface area (Å²) in [5, 5.41) is 4.60. The average molecular weight is 280 g/mol. The number of nitrogens with one attached hydrogen (secondary N) is 1. The first-order valence-electron chi connectivity index (χ1n) is 7.65. The van der Waals surface area contributed by atoms with Gasteiger partial charge in [-0.05, 0) is 55.7 Å². The van der Waals surface area contributed by atoms with Crippen molar-refractivity contribution >= 4 is 11.6 Å². The van der Waals surface area contributed by atoms with Crippen molar-refractivity contribution in [1.82, 2.24) is 5.32 Å². The summed E-state index contributed by atoms with van der Waals surface area (Å²) < 4.78 is 0. The van der Waals surface area contributed by atoms with Crippen molar-refractivity contribution in [3.05, 3.63) is 34.9 Å². The van der Waals surface area contributed by atoms with Gasteiger partial charge in [0.05, 0.1) is 0 Å². The van der Waals surface area contributed by atoms with Crippen LogP contribution in [0, 0.1) is 11.8 Å². The van der Waals surface area contributed by atoms with Gasteiger partial charge < -0.3 is 5.32 Å². The van der Waals surface area contributed by atoms with E-state index < -0.39 is 0 Å². The molecule has 1 N–H and O–H groups in total. The van der Waals surface area contributed by atoms with Gasteiger partial charge >= 0.3 is 0 Å². The summed E-state index contributed by atoms with van der Waals surface area (Å²) in [5.74, 6) is 1.50. The van der Waals surface area contributed by atoms with Crippen molar-refractivity contribution in [1.29, 1.82) is 0 Å². The molecular weight excluding hydrogens is 254 g/mol. The molecule has 2 heteroatoms. The molecule has 2 rings (SSSR count). The maximum atomic E-state index is 6.29. The summed E-state index contributed by atoms with van der Waals surface area (Å²) in [4.78, 5) is 0. The van der Waals surface area contributed by atoms with Crippen molar-refractivity contribution in [3.8, 4) is 0 Å². The Bertz CT molecular complexity index is 387. The summed E-state index contributed by atoms with van der Waals surface area (Å²) in [6.45, 7) is 5.78. The lowest BCUT2D eigenvalue weighted by atomic mass is 9.89. The second kappa shape index (κ2) is 7.31. The molecule has 0 spiro atoms. The first-order chi connectivity index (χ1) is 9.19. The zero-order chi connectivity index (χ0) is 13.7. The molecule has 1 saturated carbocycles. The molecule has 1 nitrogen and oxygen atoms in total. The maximum absolute atomic E-state index is 6.29. The zero-order valence-electron chi connectivity index (χ0n) is 12.2. The lowest BCUT2D eigenvalue weighted by Crippen LogP contribution is -2.27. The van der Waals surface area contributed by atoms with Gasteiger partial charge in [-0.15, -0.1) is 0 Å². The molecule has 0 saturated heterocycles. The van der Waals surface area contributed by atoms with Gasteiger partial charge in [-0.1, -0.05) is 50.1 Å². The Labute approximate surface area is 122 Å². The van der Waals surface area contributed by atoms with Gasteiger partial charge in [-0.3, -0.25) is 0 Å². The first-order valence-corrected chi connectivity index (χ1v) is 8.03. The average Bonchev–Trinajstić information content (AvgIpc) is 3.22. The lowest BCUT2D eigenvalue weighted by molar-refractivity contribution is 0.362. The Morgan fingerprint density at radius 3 is 2.68 bits per heavy atom. The molecule has 106 valence electrons. The summed E-state index contributed by atoms with van der Waals surface area (Å²) in [5.41, 5.74) is 1.30. The fourth-order valence-electron chi connectivity index (χ4n) is 2.57. The van der Waals surface area contributed by atoms with E-state index >= 15 is 0 Å². The van der Waals surface area contributed by atoms with E-state index in [1.54, 1.807) is 0 Å². The minimum atomic E-state index is 0.704. The van der Waals surface area contributed by atoms with E-state index in [4.69, 9.17) is 11.6 Å². The maximum Gasteiger partial charge on any atom is 0.0438 e. The third-order valence-corrected chi connectivity index (χ3v) is 4.54. The van der Waals surface area contributed by atoms with E-state index in [1.165, 1.54) is 31.2 Å². The molecule has 0 aliphatic heterocycles. The van der Waals surface area contributed by atoms with Crippen molar-refractivity contribution in [2.45, 2.75) is 52.0 Å². The quantitative estimate of drug-likeness (QED) is 0.728. The van der Waals surface area contributed by atoms with Crippen LogP contribution in [0.2, 0.25) is 5.02 Å². The molecule has 1 aliphatic rings. The molecule has 0 bridgehead atoms. The number of hydrogen-bond donors (Lipinski definition) is 1. The molecule has 0 heterocycles. The summed E-state index contributed by atoms with van der Waals surface area (Å²) >= 11 is 6.29. The molecule has 2 unspecified atom stereocenters. The smallest absolute Gasteiger partial charge is 0.0438 e. The van der Waals surface area contributed by atoms with Crippen molar-refractivity contribution in [2.24, 2.45) is 11.8 Å². The first kappa shape index (κ1) is 14.9. The Hall–Kier alpha value is -0.530. The van der Waals surface area contributed by atoms with Crippen LogP contribution in [0.5, 0.6) is 0 Å². The summed E-state index contributed by atoms with van der Waals surface area (Å²) in [6, 6.07) is 9.08. The standard InChI is InChI=1S/C17H26ClN/c1-3-13(2)10-14(12-19-16-8-9-16)11-15-6-4-5-7-17(15)18/h4-7,13-14,16,19H,3,8-12H2,1-2H3. The number of rotatable bonds is 8. The molecule has 0 amide bonds. The molecule has 1 aliphatic carbocycles. The highest BCUT2D eigenvalue weighted by molar-refractivity contribution is 6.31. The molecule has 1 aromatic carbocycles. The molecule has 1 fully saturated rings. The molecular formula is C17H26ClN. The van der Waals surface area contributed by atoms with Gasteiger partial charge in [-0.2, -0.15) is 0 Å². The zero-order valence-corrected chi connectivity index (χ0v) is 12.9. The number of benzene rings is 1.